The Hall–Kier alpha value is -1.06. The Morgan fingerprint density at radius 2 is 1.80 bits per heavy atom. The van der Waals surface area contributed by atoms with Crippen molar-refractivity contribution in [3.8, 4) is 0 Å². The van der Waals surface area contributed by atoms with Gasteiger partial charge in [-0.1, -0.05) is 18.2 Å². The summed E-state index contributed by atoms with van der Waals surface area (Å²) in [5, 5.41) is 2.59. The van der Waals surface area contributed by atoms with Gasteiger partial charge in [-0.25, -0.2) is 0 Å². The molecule has 5 heteroatoms. The zero-order valence-corrected chi connectivity index (χ0v) is 9.48. The Morgan fingerprint density at radius 1 is 1.20 bits per heavy atom. The quantitative estimate of drug-likeness (QED) is 0.656. The van der Waals surface area contributed by atoms with Gasteiger partial charge in [-0.3, -0.25) is 9.59 Å². The van der Waals surface area contributed by atoms with Crippen LogP contribution in [0.5, 0.6) is 0 Å². The maximum atomic E-state index is 11.2. The van der Waals surface area contributed by atoms with E-state index >= 15 is 0 Å². The predicted molar refractivity (Wildman–Crippen MR) is 62.7 cm³/mol. The first-order valence-electron chi connectivity index (χ1n) is 4.15. The van der Waals surface area contributed by atoms with Gasteiger partial charge in [0.2, 0.25) is 5.91 Å². The van der Waals surface area contributed by atoms with Crippen LogP contribution < -0.4 is 5.32 Å². The first kappa shape index (κ1) is 13.9. The van der Waals surface area contributed by atoms with Crippen LogP contribution in [0, 0.1) is 0 Å². The number of rotatable bonds is 4. The van der Waals surface area contributed by atoms with Crippen molar-refractivity contribution in [2.75, 3.05) is 11.2 Å². The first-order chi connectivity index (χ1) is 6.72. The lowest BCUT2D eigenvalue weighted by Gasteiger charge is -2.02. The van der Waals surface area contributed by atoms with Crippen molar-refractivity contribution in [3.05, 3.63) is 30.3 Å². The molecule has 0 fully saturated rings. The standard InChI is InChI=1S/C10H10ClNO2.ClH/c11-7-9(13)6-10(14)12-8-4-2-1-3-5-8;/h1-5H,6-7H2,(H,12,14);1H. The van der Waals surface area contributed by atoms with Gasteiger partial charge < -0.3 is 5.32 Å². The Balaban J connectivity index is 0.00000196. The number of benzene rings is 1. The highest BCUT2D eigenvalue weighted by atomic mass is 35.5. The number of carbonyl (C=O) groups excluding carboxylic acids is 2. The maximum absolute atomic E-state index is 11.2. The molecule has 0 saturated heterocycles. The van der Waals surface area contributed by atoms with E-state index in [1.165, 1.54) is 0 Å². The van der Waals surface area contributed by atoms with Gasteiger partial charge in [0.05, 0.1) is 12.3 Å². The van der Waals surface area contributed by atoms with Crippen molar-refractivity contribution >= 4 is 41.4 Å². The van der Waals surface area contributed by atoms with Crippen molar-refractivity contribution in [2.45, 2.75) is 6.42 Å². The topological polar surface area (TPSA) is 46.2 Å². The van der Waals surface area contributed by atoms with E-state index < -0.39 is 0 Å². The van der Waals surface area contributed by atoms with Crippen LogP contribution in [0.2, 0.25) is 0 Å². The van der Waals surface area contributed by atoms with E-state index in [9.17, 15) is 9.59 Å². The van der Waals surface area contributed by atoms with Crippen LogP contribution in [-0.4, -0.2) is 17.6 Å². The number of halogens is 2. The van der Waals surface area contributed by atoms with Crippen LogP contribution in [0.15, 0.2) is 30.3 Å². The van der Waals surface area contributed by atoms with Crippen molar-refractivity contribution in [3.63, 3.8) is 0 Å². The van der Waals surface area contributed by atoms with Crippen LogP contribution in [-0.2, 0) is 9.59 Å². The Kier molecular flexibility index (Phi) is 6.75. The van der Waals surface area contributed by atoms with Crippen LogP contribution in [0.3, 0.4) is 0 Å². The van der Waals surface area contributed by atoms with E-state index in [1.807, 2.05) is 6.07 Å². The minimum atomic E-state index is -0.332. The van der Waals surface area contributed by atoms with Crippen LogP contribution in [0.4, 0.5) is 5.69 Å². The number of para-hydroxylation sites is 1. The summed E-state index contributed by atoms with van der Waals surface area (Å²) in [6.07, 6.45) is -0.168. The summed E-state index contributed by atoms with van der Waals surface area (Å²) >= 11 is 5.27. The van der Waals surface area contributed by atoms with Crippen LogP contribution in [0.25, 0.3) is 0 Å². The number of alkyl halides is 1. The molecule has 0 saturated carbocycles. The second kappa shape index (κ2) is 7.26. The summed E-state index contributed by atoms with van der Waals surface area (Å²) in [4.78, 5) is 22.0. The maximum Gasteiger partial charge on any atom is 0.231 e. The van der Waals surface area contributed by atoms with Gasteiger partial charge >= 0.3 is 0 Å². The Morgan fingerprint density at radius 3 is 2.33 bits per heavy atom. The number of hydrogen-bond donors (Lipinski definition) is 1. The molecule has 1 aromatic rings. The number of carbonyl (C=O) groups is 2. The highest BCUT2D eigenvalue weighted by Crippen LogP contribution is 2.05. The van der Waals surface area contributed by atoms with Gasteiger partial charge in [0, 0.05) is 5.69 Å². The molecule has 0 spiro atoms. The number of hydrogen-bond acceptors (Lipinski definition) is 2. The Bertz CT molecular complexity index is 327. The number of ketones is 1. The fourth-order valence-corrected chi connectivity index (χ4v) is 1.05. The minimum absolute atomic E-state index is 0. The molecule has 1 N–H and O–H groups in total. The van der Waals surface area contributed by atoms with E-state index in [0.29, 0.717) is 5.69 Å². The molecule has 0 radical (unpaired) electrons. The smallest absolute Gasteiger partial charge is 0.231 e. The highest BCUT2D eigenvalue weighted by molar-refractivity contribution is 6.29. The number of nitrogens with one attached hydrogen (secondary N) is 1. The molecule has 0 unspecified atom stereocenters. The third-order valence-corrected chi connectivity index (χ3v) is 1.86. The fourth-order valence-electron chi connectivity index (χ4n) is 0.953. The van der Waals surface area contributed by atoms with Gasteiger partial charge in [-0.15, -0.1) is 24.0 Å². The fraction of sp³-hybridized carbons (Fsp3) is 0.200. The average Bonchev–Trinajstić information content (AvgIpc) is 2.19. The molecule has 3 nitrogen and oxygen atoms in total. The lowest BCUT2D eigenvalue weighted by Crippen LogP contribution is -2.16. The Labute approximate surface area is 99.2 Å². The molecule has 1 aromatic carbocycles. The summed E-state index contributed by atoms with van der Waals surface area (Å²) in [5.74, 6) is -0.732. The molecule has 82 valence electrons. The third-order valence-electron chi connectivity index (χ3n) is 1.56. The summed E-state index contributed by atoms with van der Waals surface area (Å²) < 4.78 is 0. The van der Waals surface area contributed by atoms with Crippen molar-refractivity contribution in [2.24, 2.45) is 0 Å². The third kappa shape index (κ3) is 5.40. The van der Waals surface area contributed by atoms with Gasteiger partial charge in [0.1, 0.15) is 0 Å². The number of amides is 1. The minimum Gasteiger partial charge on any atom is -0.326 e. The van der Waals surface area contributed by atoms with E-state index in [2.05, 4.69) is 5.32 Å². The SMILES string of the molecule is Cl.O=C(CCl)CC(=O)Nc1ccccc1. The molecule has 15 heavy (non-hydrogen) atoms. The number of anilines is 1. The lowest BCUT2D eigenvalue weighted by molar-refractivity contribution is -0.124. The van der Waals surface area contributed by atoms with E-state index in [1.54, 1.807) is 24.3 Å². The van der Waals surface area contributed by atoms with Gasteiger partial charge in [-0.2, -0.15) is 0 Å². The molecule has 0 atom stereocenters. The summed E-state index contributed by atoms with van der Waals surface area (Å²) in [7, 11) is 0. The molecule has 0 bridgehead atoms. The van der Waals surface area contributed by atoms with E-state index in [-0.39, 0.29) is 36.4 Å². The summed E-state index contributed by atoms with van der Waals surface area (Å²) in [5.41, 5.74) is 0.680. The molecule has 0 aromatic heterocycles. The molecule has 1 amide bonds. The largest absolute Gasteiger partial charge is 0.326 e. The second-order valence-corrected chi connectivity index (χ2v) is 3.03. The van der Waals surface area contributed by atoms with Crippen molar-refractivity contribution in [1.29, 1.82) is 0 Å². The first-order valence-corrected chi connectivity index (χ1v) is 4.68. The summed E-state index contributed by atoms with van der Waals surface area (Å²) in [6.45, 7) is 0. The molecule has 0 aliphatic heterocycles. The van der Waals surface area contributed by atoms with Crippen LogP contribution >= 0.6 is 24.0 Å². The lowest BCUT2D eigenvalue weighted by atomic mass is 10.2. The predicted octanol–water partition coefficient (Wildman–Crippen LogP) is 2.24. The van der Waals surface area contributed by atoms with Crippen LogP contribution in [0.1, 0.15) is 6.42 Å². The van der Waals surface area contributed by atoms with E-state index in [0.717, 1.165) is 0 Å². The highest BCUT2D eigenvalue weighted by Gasteiger charge is 2.07. The van der Waals surface area contributed by atoms with Crippen molar-refractivity contribution in [1.82, 2.24) is 0 Å². The zero-order valence-electron chi connectivity index (χ0n) is 7.90. The molecule has 0 heterocycles. The van der Waals surface area contributed by atoms with Gasteiger partial charge in [0.15, 0.2) is 5.78 Å². The average molecular weight is 248 g/mol. The molecule has 1 rings (SSSR count). The monoisotopic (exact) mass is 247 g/mol. The zero-order chi connectivity index (χ0) is 10.4. The van der Waals surface area contributed by atoms with Crippen molar-refractivity contribution < 1.29 is 9.59 Å². The summed E-state index contributed by atoms with van der Waals surface area (Å²) in [6, 6.07) is 8.96. The molecular weight excluding hydrogens is 237 g/mol. The number of Topliss-reactive ketones (excluding diaryl/α,β-unsaturated/α-hetero) is 1. The molecule has 0 aliphatic carbocycles. The van der Waals surface area contributed by atoms with Gasteiger partial charge in [-0.05, 0) is 12.1 Å². The van der Waals surface area contributed by atoms with E-state index in [4.69, 9.17) is 11.6 Å². The molecule has 0 aliphatic rings. The molecular formula is C10H11Cl2NO2. The van der Waals surface area contributed by atoms with Gasteiger partial charge in [0.25, 0.3) is 0 Å². The second-order valence-electron chi connectivity index (χ2n) is 2.76. The normalized spacial score (nSPS) is 8.87.